The van der Waals surface area contributed by atoms with E-state index in [0.29, 0.717) is 12.2 Å². The van der Waals surface area contributed by atoms with Gasteiger partial charge < -0.3 is 15.1 Å². The summed E-state index contributed by atoms with van der Waals surface area (Å²) in [5.41, 5.74) is 3.59. The average Bonchev–Trinajstić information content (AvgIpc) is 2.78. The summed E-state index contributed by atoms with van der Waals surface area (Å²) in [7, 11) is 3.97. The molecule has 0 heterocycles. The Bertz CT molecular complexity index is 1020. The fraction of sp³-hybridized carbons (Fsp3) is 0.208. The Balaban J connectivity index is 1.83. The molecule has 0 saturated carbocycles. The zero-order chi connectivity index (χ0) is 22.4. The molecule has 0 saturated heterocycles. The highest BCUT2D eigenvalue weighted by Gasteiger charge is 2.22. The van der Waals surface area contributed by atoms with Gasteiger partial charge in [0.05, 0.1) is 11.0 Å². The van der Waals surface area contributed by atoms with Crippen LogP contribution >= 0.6 is 0 Å². The topological polar surface area (TPSA) is 78.7 Å². The summed E-state index contributed by atoms with van der Waals surface area (Å²) in [6.07, 6.45) is 0. The lowest BCUT2D eigenvalue weighted by Crippen LogP contribution is -2.36. The summed E-state index contributed by atoms with van der Waals surface area (Å²) in [4.78, 5) is 27.4. The highest BCUT2D eigenvalue weighted by molar-refractivity contribution is 5.89. The molecule has 1 atom stereocenters. The van der Waals surface area contributed by atoms with E-state index in [0.717, 1.165) is 16.8 Å². The van der Waals surface area contributed by atoms with Crippen LogP contribution in [0.2, 0.25) is 0 Å². The van der Waals surface area contributed by atoms with E-state index in [2.05, 4.69) is 5.32 Å². The molecule has 3 aromatic rings. The predicted octanol–water partition coefficient (Wildman–Crippen LogP) is 5.46. The standard InChI is InChI=1S/C24H26N4O3/c1-18(20-7-5-4-6-8-20)27(17-19-9-13-22(14-10-19)26(2)3)24(29)25-21-11-15-23(16-12-21)28(30)31/h4-16,18H,17H2,1-3H3,(H,25,29). The minimum Gasteiger partial charge on any atom is -0.378 e. The lowest BCUT2D eigenvalue weighted by molar-refractivity contribution is -0.384. The van der Waals surface area contributed by atoms with Crippen molar-refractivity contribution in [1.82, 2.24) is 4.90 Å². The second-order valence-electron chi connectivity index (χ2n) is 7.51. The molecule has 0 radical (unpaired) electrons. The van der Waals surface area contributed by atoms with Crippen molar-refractivity contribution in [3.05, 3.63) is 100 Å². The van der Waals surface area contributed by atoms with E-state index in [9.17, 15) is 14.9 Å². The number of urea groups is 1. The van der Waals surface area contributed by atoms with Gasteiger partial charge in [-0.1, -0.05) is 42.5 Å². The maximum absolute atomic E-state index is 13.2. The first kappa shape index (κ1) is 21.8. The molecule has 0 aromatic heterocycles. The van der Waals surface area contributed by atoms with Crippen molar-refractivity contribution in [2.24, 2.45) is 0 Å². The number of rotatable bonds is 7. The lowest BCUT2D eigenvalue weighted by atomic mass is 10.1. The molecule has 3 aromatic carbocycles. The van der Waals surface area contributed by atoms with E-state index in [-0.39, 0.29) is 17.8 Å². The van der Waals surface area contributed by atoms with Crippen LogP contribution in [-0.2, 0) is 6.54 Å². The van der Waals surface area contributed by atoms with Crippen LogP contribution in [0, 0.1) is 10.1 Å². The van der Waals surface area contributed by atoms with Crippen molar-refractivity contribution in [2.75, 3.05) is 24.3 Å². The van der Waals surface area contributed by atoms with Gasteiger partial charge in [0.15, 0.2) is 0 Å². The quantitative estimate of drug-likeness (QED) is 0.408. The number of nitro benzene ring substituents is 1. The molecule has 0 aliphatic carbocycles. The Hall–Kier alpha value is -3.87. The first-order chi connectivity index (χ1) is 14.8. The lowest BCUT2D eigenvalue weighted by Gasteiger charge is -2.30. The highest BCUT2D eigenvalue weighted by Crippen LogP contribution is 2.25. The van der Waals surface area contributed by atoms with Crippen LogP contribution in [0.3, 0.4) is 0 Å². The minimum absolute atomic E-state index is 0.0199. The number of carbonyl (C=O) groups excluding carboxylic acids is 1. The summed E-state index contributed by atoms with van der Waals surface area (Å²) >= 11 is 0. The van der Waals surface area contributed by atoms with Crippen molar-refractivity contribution in [1.29, 1.82) is 0 Å². The Morgan fingerprint density at radius 3 is 2.13 bits per heavy atom. The number of nitrogens with one attached hydrogen (secondary N) is 1. The Labute approximate surface area is 182 Å². The van der Waals surface area contributed by atoms with Gasteiger partial charge in [0.25, 0.3) is 5.69 Å². The van der Waals surface area contributed by atoms with Crippen LogP contribution in [0.25, 0.3) is 0 Å². The molecule has 3 rings (SSSR count). The number of nitro groups is 1. The van der Waals surface area contributed by atoms with Crippen LogP contribution in [0.15, 0.2) is 78.9 Å². The average molecular weight is 418 g/mol. The second-order valence-corrected chi connectivity index (χ2v) is 7.51. The highest BCUT2D eigenvalue weighted by atomic mass is 16.6. The zero-order valence-electron chi connectivity index (χ0n) is 17.9. The van der Waals surface area contributed by atoms with Gasteiger partial charge in [0, 0.05) is 44.1 Å². The number of non-ortho nitro benzene ring substituents is 1. The van der Waals surface area contributed by atoms with Crippen LogP contribution < -0.4 is 10.2 Å². The number of amides is 2. The molecule has 31 heavy (non-hydrogen) atoms. The Morgan fingerprint density at radius 2 is 1.58 bits per heavy atom. The van der Waals surface area contributed by atoms with Crippen molar-refractivity contribution >= 4 is 23.1 Å². The second kappa shape index (κ2) is 9.75. The smallest absolute Gasteiger partial charge is 0.322 e. The molecule has 0 aliphatic rings. The molecular formula is C24H26N4O3. The van der Waals surface area contributed by atoms with Crippen LogP contribution in [0.1, 0.15) is 24.1 Å². The van der Waals surface area contributed by atoms with Gasteiger partial charge in [0.2, 0.25) is 0 Å². The minimum atomic E-state index is -0.466. The van der Waals surface area contributed by atoms with E-state index >= 15 is 0 Å². The van der Waals surface area contributed by atoms with E-state index < -0.39 is 4.92 Å². The molecule has 0 aliphatic heterocycles. The van der Waals surface area contributed by atoms with Gasteiger partial charge in [-0.25, -0.2) is 4.79 Å². The van der Waals surface area contributed by atoms with Crippen LogP contribution in [0.4, 0.5) is 21.9 Å². The Kier molecular flexibility index (Phi) is 6.87. The van der Waals surface area contributed by atoms with Gasteiger partial charge >= 0.3 is 6.03 Å². The number of nitrogens with zero attached hydrogens (tertiary/aromatic N) is 3. The molecule has 2 amide bonds. The third-order valence-electron chi connectivity index (χ3n) is 5.15. The summed E-state index contributed by atoms with van der Waals surface area (Å²) in [6, 6.07) is 23.3. The van der Waals surface area contributed by atoms with Crippen molar-refractivity contribution in [3.8, 4) is 0 Å². The number of anilines is 2. The van der Waals surface area contributed by atoms with Crippen LogP contribution in [-0.4, -0.2) is 29.9 Å². The molecule has 1 unspecified atom stereocenters. The fourth-order valence-electron chi connectivity index (χ4n) is 3.25. The van der Waals surface area contributed by atoms with E-state index in [1.807, 2.05) is 80.5 Å². The molecule has 1 N–H and O–H groups in total. The first-order valence-electron chi connectivity index (χ1n) is 9.98. The number of hydrogen-bond donors (Lipinski definition) is 1. The Morgan fingerprint density at radius 1 is 0.968 bits per heavy atom. The summed E-state index contributed by atoms with van der Waals surface area (Å²) in [5, 5.41) is 13.7. The van der Waals surface area contributed by atoms with Crippen LogP contribution in [0.5, 0.6) is 0 Å². The van der Waals surface area contributed by atoms with E-state index in [1.165, 1.54) is 24.3 Å². The largest absolute Gasteiger partial charge is 0.378 e. The molecule has 7 nitrogen and oxygen atoms in total. The van der Waals surface area contributed by atoms with Gasteiger partial charge in [-0.05, 0) is 42.3 Å². The van der Waals surface area contributed by atoms with Gasteiger partial charge in [-0.15, -0.1) is 0 Å². The monoisotopic (exact) mass is 418 g/mol. The molecular weight excluding hydrogens is 392 g/mol. The van der Waals surface area contributed by atoms with Gasteiger partial charge in [0.1, 0.15) is 0 Å². The van der Waals surface area contributed by atoms with E-state index in [4.69, 9.17) is 0 Å². The zero-order valence-corrected chi connectivity index (χ0v) is 17.9. The normalized spacial score (nSPS) is 11.5. The third-order valence-corrected chi connectivity index (χ3v) is 5.15. The van der Waals surface area contributed by atoms with Crippen molar-refractivity contribution < 1.29 is 9.72 Å². The first-order valence-corrected chi connectivity index (χ1v) is 9.98. The molecule has 160 valence electrons. The van der Waals surface area contributed by atoms with Gasteiger partial charge in [-0.2, -0.15) is 0 Å². The predicted molar refractivity (Wildman–Crippen MR) is 123 cm³/mol. The maximum Gasteiger partial charge on any atom is 0.322 e. The summed E-state index contributed by atoms with van der Waals surface area (Å²) < 4.78 is 0. The number of hydrogen-bond acceptors (Lipinski definition) is 4. The SMILES string of the molecule is CC(c1ccccc1)N(Cc1ccc(N(C)C)cc1)C(=O)Nc1ccc([N+](=O)[O-])cc1. The molecule has 0 spiro atoms. The molecule has 7 heteroatoms. The number of benzene rings is 3. The summed E-state index contributed by atoms with van der Waals surface area (Å²) in [6.45, 7) is 2.40. The van der Waals surface area contributed by atoms with E-state index in [1.54, 1.807) is 4.90 Å². The fourth-order valence-corrected chi connectivity index (χ4v) is 3.25. The summed E-state index contributed by atoms with van der Waals surface area (Å²) in [5.74, 6) is 0. The maximum atomic E-state index is 13.2. The molecule has 0 bridgehead atoms. The third kappa shape index (κ3) is 5.60. The van der Waals surface area contributed by atoms with Crippen molar-refractivity contribution in [3.63, 3.8) is 0 Å². The van der Waals surface area contributed by atoms with Crippen molar-refractivity contribution in [2.45, 2.75) is 19.5 Å². The number of carbonyl (C=O) groups is 1. The molecule has 0 fully saturated rings. The van der Waals surface area contributed by atoms with Gasteiger partial charge in [-0.3, -0.25) is 10.1 Å².